The molecule has 2 rings (SSSR count). The third-order valence-corrected chi connectivity index (χ3v) is 13.1. The molecule has 1 heterocycles. The molecular formula is C56H104N4O9. The Morgan fingerprint density at radius 1 is 0.464 bits per heavy atom. The van der Waals surface area contributed by atoms with Crippen molar-refractivity contribution in [2.45, 2.75) is 253 Å². The first-order valence-corrected chi connectivity index (χ1v) is 27.5. The Labute approximate surface area is 421 Å². The average molecular weight is 977 g/mol. The Kier molecular flexibility index (Phi) is 27.4. The van der Waals surface area contributed by atoms with E-state index in [1.165, 1.54) is 77.0 Å². The van der Waals surface area contributed by atoms with Crippen LogP contribution in [0.25, 0.3) is 0 Å². The fourth-order valence-corrected chi connectivity index (χ4v) is 10.1. The summed E-state index contributed by atoms with van der Waals surface area (Å²) in [6.45, 7) is 29.0. The summed E-state index contributed by atoms with van der Waals surface area (Å²) in [4.78, 5) is 78.3. The molecule has 1 saturated heterocycles. The summed E-state index contributed by atoms with van der Waals surface area (Å²) < 4.78 is 23.6. The van der Waals surface area contributed by atoms with Gasteiger partial charge in [-0.15, -0.1) is 0 Å². The van der Waals surface area contributed by atoms with Crippen molar-refractivity contribution in [2.75, 3.05) is 65.4 Å². The molecule has 1 aliphatic heterocycles. The standard InChI is InChI=1S/C56H104N4O9/c1-15-17-19-21-23-25-27-29-35-59(36-30-28-26-24-22-20-18-16-2)51(65)45-31-33-46(34-32-45)56(60(41-49(63)68-54(9,10)11)42-50(64)69-55(12,13)14)43-57(39-47(61)66-52(3,4)5)37-38-58(44-56)40-48(62)67-53(6,7)8/h45-46H,15-44H2,1-14H3/t45-,46-. The van der Waals surface area contributed by atoms with E-state index >= 15 is 0 Å². The minimum Gasteiger partial charge on any atom is -0.459 e. The first-order valence-electron chi connectivity index (χ1n) is 27.5. The maximum Gasteiger partial charge on any atom is 0.320 e. The minimum atomic E-state index is -0.976. The van der Waals surface area contributed by atoms with Crippen LogP contribution in [0.1, 0.15) is 225 Å². The van der Waals surface area contributed by atoms with Gasteiger partial charge in [0.25, 0.3) is 0 Å². The van der Waals surface area contributed by atoms with Gasteiger partial charge in [-0.2, -0.15) is 0 Å². The average Bonchev–Trinajstić information content (AvgIpc) is 3.38. The van der Waals surface area contributed by atoms with Gasteiger partial charge >= 0.3 is 23.9 Å². The molecule has 0 bridgehead atoms. The maximum atomic E-state index is 14.7. The van der Waals surface area contributed by atoms with Crippen molar-refractivity contribution in [1.29, 1.82) is 0 Å². The zero-order valence-electron chi connectivity index (χ0n) is 46.8. The summed E-state index contributed by atoms with van der Waals surface area (Å²) in [6, 6.07) is 0. The van der Waals surface area contributed by atoms with Gasteiger partial charge in [-0.3, -0.25) is 38.7 Å². The molecule has 0 aromatic heterocycles. The van der Waals surface area contributed by atoms with E-state index in [4.69, 9.17) is 18.9 Å². The van der Waals surface area contributed by atoms with Gasteiger partial charge in [-0.1, -0.05) is 104 Å². The molecule has 0 N–H and O–H groups in total. The molecular weight excluding hydrogens is 873 g/mol. The number of carbonyl (C=O) groups is 5. The maximum absolute atomic E-state index is 14.7. The van der Waals surface area contributed by atoms with E-state index in [-0.39, 0.29) is 55.9 Å². The number of esters is 4. The smallest absolute Gasteiger partial charge is 0.320 e. The lowest BCUT2D eigenvalue weighted by atomic mass is 9.69. The van der Waals surface area contributed by atoms with E-state index < -0.39 is 39.9 Å². The van der Waals surface area contributed by atoms with Crippen molar-refractivity contribution in [1.82, 2.24) is 19.6 Å². The Hall–Kier alpha value is -2.77. The van der Waals surface area contributed by atoms with Gasteiger partial charge in [-0.05, 0) is 128 Å². The summed E-state index contributed by atoms with van der Waals surface area (Å²) in [5.74, 6) is -1.79. The second-order valence-corrected chi connectivity index (χ2v) is 24.6. The second kappa shape index (κ2) is 30.3. The molecule has 1 aliphatic carbocycles. The van der Waals surface area contributed by atoms with Gasteiger partial charge in [0.15, 0.2) is 0 Å². The van der Waals surface area contributed by atoms with E-state index in [0.717, 1.165) is 38.8 Å². The second-order valence-electron chi connectivity index (χ2n) is 24.6. The van der Waals surface area contributed by atoms with Crippen LogP contribution < -0.4 is 0 Å². The highest BCUT2D eigenvalue weighted by Gasteiger charge is 2.51. The van der Waals surface area contributed by atoms with Gasteiger partial charge in [0, 0.05) is 45.2 Å². The monoisotopic (exact) mass is 977 g/mol. The van der Waals surface area contributed by atoms with E-state index in [0.29, 0.717) is 51.9 Å². The molecule has 0 aromatic rings. The molecule has 0 aromatic carbocycles. The third-order valence-electron chi connectivity index (χ3n) is 13.1. The van der Waals surface area contributed by atoms with Crippen LogP contribution in [-0.2, 0) is 42.9 Å². The van der Waals surface area contributed by atoms with Crippen molar-refractivity contribution in [3.05, 3.63) is 0 Å². The lowest BCUT2D eigenvalue weighted by Crippen LogP contribution is -2.66. The summed E-state index contributed by atoms with van der Waals surface area (Å²) in [6.07, 6.45) is 22.1. The Morgan fingerprint density at radius 2 is 0.783 bits per heavy atom. The molecule has 2 fully saturated rings. The normalized spacial score (nSPS) is 18.7. The molecule has 13 heteroatoms. The van der Waals surface area contributed by atoms with Gasteiger partial charge in [0.2, 0.25) is 5.91 Å². The number of hydrogen-bond donors (Lipinski definition) is 0. The number of nitrogens with zero attached hydrogens (tertiary/aromatic N) is 4. The van der Waals surface area contributed by atoms with Crippen molar-refractivity contribution in [3.8, 4) is 0 Å². The largest absolute Gasteiger partial charge is 0.459 e. The fourth-order valence-electron chi connectivity index (χ4n) is 10.1. The first kappa shape index (κ1) is 62.3. The molecule has 0 spiro atoms. The number of hydrogen-bond acceptors (Lipinski definition) is 12. The highest BCUT2D eigenvalue weighted by Crippen LogP contribution is 2.42. The van der Waals surface area contributed by atoms with Crippen molar-refractivity contribution < 1.29 is 42.9 Å². The van der Waals surface area contributed by atoms with Crippen molar-refractivity contribution >= 4 is 29.8 Å². The SMILES string of the molecule is CCCCCCCCCCN(CCCCCCCCCC)C(=O)[C@H]1CC[C@H](C2(N(CC(=O)OC(C)(C)C)CC(=O)OC(C)(C)C)CN(CC(=O)OC(C)(C)C)CCN(CC(=O)OC(C)(C)C)C2)CC1. The summed E-state index contributed by atoms with van der Waals surface area (Å²) in [5, 5.41) is 0. The van der Waals surface area contributed by atoms with E-state index in [9.17, 15) is 24.0 Å². The van der Waals surface area contributed by atoms with Crippen LogP contribution in [0.2, 0.25) is 0 Å². The number of ether oxygens (including phenoxy) is 4. The van der Waals surface area contributed by atoms with Crippen LogP contribution in [-0.4, -0.2) is 143 Å². The van der Waals surface area contributed by atoms with E-state index in [1.807, 2.05) is 97.8 Å². The van der Waals surface area contributed by atoms with E-state index in [2.05, 4.69) is 18.7 Å². The summed E-state index contributed by atoms with van der Waals surface area (Å²) in [7, 11) is 0. The highest BCUT2D eigenvalue weighted by molar-refractivity contribution is 5.79. The number of carbonyl (C=O) groups excluding carboxylic acids is 5. The van der Waals surface area contributed by atoms with Crippen LogP contribution in [0.3, 0.4) is 0 Å². The third kappa shape index (κ3) is 27.0. The zero-order chi connectivity index (χ0) is 51.9. The Bertz CT molecular complexity index is 1430. The molecule has 69 heavy (non-hydrogen) atoms. The van der Waals surface area contributed by atoms with Crippen molar-refractivity contribution in [3.63, 3.8) is 0 Å². The molecule has 0 unspecified atom stereocenters. The molecule has 1 amide bonds. The molecule has 1 saturated carbocycles. The zero-order valence-corrected chi connectivity index (χ0v) is 46.8. The van der Waals surface area contributed by atoms with Crippen LogP contribution in [0.15, 0.2) is 0 Å². The molecule has 2 aliphatic rings. The predicted molar refractivity (Wildman–Crippen MR) is 278 cm³/mol. The molecule has 0 atom stereocenters. The number of unbranched alkanes of at least 4 members (excludes halogenated alkanes) is 14. The van der Waals surface area contributed by atoms with Gasteiger partial charge in [0.1, 0.15) is 22.4 Å². The quantitative estimate of drug-likeness (QED) is 0.0401. The lowest BCUT2D eigenvalue weighted by Gasteiger charge is -2.52. The number of rotatable bonds is 29. The summed E-state index contributed by atoms with van der Waals surface area (Å²) in [5.41, 5.74) is -3.96. The molecule has 13 nitrogen and oxygen atoms in total. The van der Waals surface area contributed by atoms with Crippen LogP contribution >= 0.6 is 0 Å². The topological polar surface area (TPSA) is 135 Å². The molecule has 0 radical (unpaired) electrons. The minimum absolute atomic E-state index is 0.0215. The Morgan fingerprint density at radius 3 is 1.12 bits per heavy atom. The van der Waals surface area contributed by atoms with Crippen molar-refractivity contribution in [2.24, 2.45) is 11.8 Å². The van der Waals surface area contributed by atoms with Crippen LogP contribution in [0, 0.1) is 11.8 Å². The molecule has 402 valence electrons. The predicted octanol–water partition coefficient (Wildman–Crippen LogP) is 10.9. The Balaban J connectivity index is 2.61. The highest BCUT2D eigenvalue weighted by atomic mass is 16.6. The van der Waals surface area contributed by atoms with Gasteiger partial charge < -0.3 is 23.8 Å². The van der Waals surface area contributed by atoms with Crippen LogP contribution in [0.4, 0.5) is 0 Å². The van der Waals surface area contributed by atoms with Gasteiger partial charge in [0.05, 0.1) is 31.7 Å². The van der Waals surface area contributed by atoms with Crippen LogP contribution in [0.5, 0.6) is 0 Å². The number of amides is 1. The van der Waals surface area contributed by atoms with E-state index in [1.54, 1.807) is 0 Å². The summed E-state index contributed by atoms with van der Waals surface area (Å²) >= 11 is 0. The lowest BCUT2D eigenvalue weighted by molar-refractivity contribution is -0.168. The van der Waals surface area contributed by atoms with Gasteiger partial charge in [-0.25, -0.2) is 0 Å². The fraction of sp³-hybridized carbons (Fsp3) is 0.911. The first-order chi connectivity index (χ1) is 32.1.